The van der Waals surface area contributed by atoms with Crippen LogP contribution in [0.4, 0.5) is 13.2 Å². The molecule has 0 aromatic heterocycles. The van der Waals surface area contributed by atoms with Gasteiger partial charge in [-0.25, -0.2) is 0 Å². The summed E-state index contributed by atoms with van der Waals surface area (Å²) in [6.45, 7) is 7.12. The molecule has 19 heavy (non-hydrogen) atoms. The fraction of sp³-hybridized carbons (Fsp3) is 0.846. The zero-order chi connectivity index (χ0) is 14.7. The molecule has 1 aliphatic carbocycles. The number of hydrogen-bond acceptors (Lipinski definition) is 3. The molecule has 2 atom stereocenters. The molecule has 0 amide bonds. The first kappa shape index (κ1) is 14.8. The van der Waals surface area contributed by atoms with E-state index >= 15 is 0 Å². The molecular formula is C13H19F3O3. The molecule has 2 aliphatic rings. The van der Waals surface area contributed by atoms with Crippen LogP contribution >= 0.6 is 0 Å². The van der Waals surface area contributed by atoms with E-state index in [1.165, 1.54) is 6.08 Å². The van der Waals surface area contributed by atoms with E-state index in [0.29, 0.717) is 0 Å². The second-order valence-electron chi connectivity index (χ2n) is 6.24. The van der Waals surface area contributed by atoms with Gasteiger partial charge in [0.1, 0.15) is 0 Å². The minimum absolute atomic E-state index is 0.430. The van der Waals surface area contributed by atoms with E-state index < -0.39 is 41.6 Å². The second kappa shape index (κ2) is 3.96. The molecule has 0 radical (unpaired) electrons. The van der Waals surface area contributed by atoms with Gasteiger partial charge in [0.25, 0.3) is 0 Å². The molecule has 1 fully saturated rings. The standard InChI is InChI=1S/C13H19F3O3/c1-10(2)11(3,4)19-12(18-10)6-5-9(17)8(7-12)13(14,15)16/h5-6,8-9,17H,7H2,1-4H3. The summed E-state index contributed by atoms with van der Waals surface area (Å²) in [4.78, 5) is 0. The first-order chi connectivity index (χ1) is 8.39. The maximum atomic E-state index is 12.9. The topological polar surface area (TPSA) is 38.7 Å². The lowest BCUT2D eigenvalue weighted by molar-refractivity contribution is -0.242. The molecule has 110 valence electrons. The molecule has 1 N–H and O–H groups in total. The van der Waals surface area contributed by atoms with Gasteiger partial charge in [0.05, 0.1) is 23.2 Å². The van der Waals surface area contributed by atoms with Crippen LogP contribution in [0.3, 0.4) is 0 Å². The minimum atomic E-state index is -4.49. The summed E-state index contributed by atoms with van der Waals surface area (Å²) >= 11 is 0. The van der Waals surface area contributed by atoms with Gasteiger partial charge in [-0.3, -0.25) is 0 Å². The normalized spacial score (nSPS) is 35.8. The van der Waals surface area contributed by atoms with Gasteiger partial charge in [0, 0.05) is 6.42 Å². The van der Waals surface area contributed by atoms with E-state index in [-0.39, 0.29) is 0 Å². The Kier molecular flexibility index (Phi) is 3.09. The fourth-order valence-electron chi connectivity index (χ4n) is 2.47. The summed E-state index contributed by atoms with van der Waals surface area (Å²) in [6.07, 6.45) is -3.96. The van der Waals surface area contributed by atoms with Gasteiger partial charge < -0.3 is 14.6 Å². The van der Waals surface area contributed by atoms with Gasteiger partial charge in [-0.05, 0) is 33.8 Å². The second-order valence-corrected chi connectivity index (χ2v) is 6.24. The van der Waals surface area contributed by atoms with E-state index in [1.54, 1.807) is 27.7 Å². The quantitative estimate of drug-likeness (QED) is 0.693. The maximum absolute atomic E-state index is 12.9. The number of halogens is 3. The molecule has 1 heterocycles. The third kappa shape index (κ3) is 2.41. The van der Waals surface area contributed by atoms with Crippen LogP contribution in [0, 0.1) is 5.92 Å². The summed E-state index contributed by atoms with van der Waals surface area (Å²) in [7, 11) is 0. The van der Waals surface area contributed by atoms with Crippen molar-refractivity contribution in [2.24, 2.45) is 5.92 Å². The van der Waals surface area contributed by atoms with Crippen LogP contribution in [0.15, 0.2) is 12.2 Å². The average molecular weight is 280 g/mol. The Balaban J connectivity index is 2.31. The smallest absolute Gasteiger partial charge is 0.388 e. The molecule has 1 saturated heterocycles. The molecule has 6 heteroatoms. The van der Waals surface area contributed by atoms with Crippen molar-refractivity contribution < 1.29 is 27.8 Å². The minimum Gasteiger partial charge on any atom is -0.388 e. The number of aliphatic hydroxyl groups excluding tert-OH is 1. The van der Waals surface area contributed by atoms with Gasteiger partial charge in [0.2, 0.25) is 0 Å². The highest BCUT2D eigenvalue weighted by Gasteiger charge is 2.60. The predicted octanol–water partition coefficient (Wildman–Crippen LogP) is 2.79. The van der Waals surface area contributed by atoms with Crippen LogP contribution in [0.25, 0.3) is 0 Å². The predicted molar refractivity (Wildman–Crippen MR) is 62.4 cm³/mol. The van der Waals surface area contributed by atoms with Crippen molar-refractivity contribution in [1.82, 2.24) is 0 Å². The molecule has 3 nitrogen and oxygen atoms in total. The van der Waals surface area contributed by atoms with E-state index in [4.69, 9.17) is 9.47 Å². The van der Waals surface area contributed by atoms with Gasteiger partial charge in [-0.2, -0.15) is 13.2 Å². The van der Waals surface area contributed by atoms with Crippen molar-refractivity contribution >= 4 is 0 Å². The molecule has 1 spiro atoms. The van der Waals surface area contributed by atoms with Gasteiger partial charge in [-0.15, -0.1) is 0 Å². The number of hydrogen-bond donors (Lipinski definition) is 1. The van der Waals surface area contributed by atoms with E-state index in [0.717, 1.165) is 6.08 Å². The largest absolute Gasteiger partial charge is 0.394 e. The van der Waals surface area contributed by atoms with Crippen molar-refractivity contribution in [3.8, 4) is 0 Å². The monoisotopic (exact) mass is 280 g/mol. The van der Waals surface area contributed by atoms with Crippen molar-refractivity contribution in [2.45, 2.75) is 63.4 Å². The van der Waals surface area contributed by atoms with Crippen molar-refractivity contribution in [2.75, 3.05) is 0 Å². The molecule has 2 unspecified atom stereocenters. The Morgan fingerprint density at radius 3 is 2.00 bits per heavy atom. The zero-order valence-electron chi connectivity index (χ0n) is 11.4. The fourth-order valence-corrected chi connectivity index (χ4v) is 2.47. The Morgan fingerprint density at radius 2 is 1.58 bits per heavy atom. The third-order valence-corrected chi connectivity index (χ3v) is 4.19. The van der Waals surface area contributed by atoms with Crippen LogP contribution in [-0.4, -0.2) is 34.4 Å². The van der Waals surface area contributed by atoms with Crippen molar-refractivity contribution in [3.05, 3.63) is 12.2 Å². The molecule has 0 bridgehead atoms. The molecule has 1 aliphatic heterocycles. The third-order valence-electron chi connectivity index (χ3n) is 4.19. The van der Waals surface area contributed by atoms with Crippen LogP contribution < -0.4 is 0 Å². The molecule has 0 saturated carbocycles. The van der Waals surface area contributed by atoms with Gasteiger partial charge in [0.15, 0.2) is 5.79 Å². The van der Waals surface area contributed by atoms with E-state index in [9.17, 15) is 18.3 Å². The Labute approximate surface area is 110 Å². The number of aliphatic hydroxyl groups is 1. The lowest BCUT2D eigenvalue weighted by Crippen LogP contribution is -2.45. The van der Waals surface area contributed by atoms with Crippen LogP contribution in [0.5, 0.6) is 0 Å². The average Bonchev–Trinajstić information content (AvgIpc) is 2.35. The number of ether oxygens (including phenoxy) is 2. The van der Waals surface area contributed by atoms with Crippen molar-refractivity contribution in [3.63, 3.8) is 0 Å². The van der Waals surface area contributed by atoms with Gasteiger partial charge in [-0.1, -0.05) is 6.08 Å². The Morgan fingerprint density at radius 1 is 1.11 bits per heavy atom. The van der Waals surface area contributed by atoms with E-state index in [2.05, 4.69) is 0 Å². The molecule has 0 aromatic carbocycles. The summed E-state index contributed by atoms with van der Waals surface area (Å²) in [5.41, 5.74) is -1.43. The molecular weight excluding hydrogens is 261 g/mol. The molecule has 0 aromatic rings. The first-order valence-corrected chi connectivity index (χ1v) is 6.23. The van der Waals surface area contributed by atoms with Crippen LogP contribution in [0.1, 0.15) is 34.1 Å². The zero-order valence-corrected chi connectivity index (χ0v) is 11.4. The Bertz CT molecular complexity index is 382. The lowest BCUT2D eigenvalue weighted by Gasteiger charge is -2.36. The highest BCUT2D eigenvalue weighted by atomic mass is 19.4. The van der Waals surface area contributed by atoms with Crippen molar-refractivity contribution in [1.29, 1.82) is 0 Å². The first-order valence-electron chi connectivity index (χ1n) is 6.23. The summed E-state index contributed by atoms with van der Waals surface area (Å²) in [5.74, 6) is -3.28. The SMILES string of the molecule is CC1(C)OC2(C=CC(O)C(C(F)(F)F)C2)OC1(C)C. The Hall–Kier alpha value is -0.590. The highest BCUT2D eigenvalue weighted by Crippen LogP contribution is 2.51. The van der Waals surface area contributed by atoms with Gasteiger partial charge >= 0.3 is 6.18 Å². The van der Waals surface area contributed by atoms with Crippen LogP contribution in [-0.2, 0) is 9.47 Å². The highest BCUT2D eigenvalue weighted by molar-refractivity contribution is 5.14. The summed E-state index contributed by atoms with van der Waals surface area (Å²) in [5, 5.41) is 9.49. The lowest BCUT2D eigenvalue weighted by atomic mass is 9.87. The van der Waals surface area contributed by atoms with Crippen LogP contribution in [0.2, 0.25) is 0 Å². The summed E-state index contributed by atoms with van der Waals surface area (Å²) in [6, 6.07) is 0. The number of rotatable bonds is 0. The summed E-state index contributed by atoms with van der Waals surface area (Å²) < 4.78 is 50.2. The molecule has 2 rings (SSSR count). The maximum Gasteiger partial charge on any atom is 0.394 e. The van der Waals surface area contributed by atoms with E-state index in [1.807, 2.05) is 0 Å². The number of alkyl halides is 3.